The number of aliphatic imine (C=N–C) groups is 2. The second-order valence-corrected chi connectivity index (χ2v) is 3.24. The van der Waals surface area contributed by atoms with Crippen LogP contribution < -0.4 is 5.32 Å². The average molecular weight is 187 g/mol. The molecule has 0 radical (unpaired) electrons. The van der Waals surface area contributed by atoms with Crippen LogP contribution in [0.25, 0.3) is 0 Å². The molecule has 0 saturated carbocycles. The van der Waals surface area contributed by atoms with E-state index in [0.717, 1.165) is 25.3 Å². The first kappa shape index (κ1) is 9.09. The van der Waals surface area contributed by atoms with Crippen molar-refractivity contribution in [3.63, 3.8) is 0 Å². The molecule has 1 heterocycles. The maximum atomic E-state index is 4.13. The molecule has 72 valence electrons. The SMILES string of the molecule is C1=NCC(CNCc2ccccc2)=N1. The molecular weight excluding hydrogens is 174 g/mol. The van der Waals surface area contributed by atoms with Gasteiger partial charge in [-0.05, 0) is 5.56 Å². The van der Waals surface area contributed by atoms with Crippen LogP contribution in [0.2, 0.25) is 0 Å². The van der Waals surface area contributed by atoms with Crippen LogP contribution in [0.1, 0.15) is 5.56 Å². The Kier molecular flexibility index (Phi) is 3.03. The van der Waals surface area contributed by atoms with Crippen LogP contribution in [0, 0.1) is 0 Å². The molecule has 0 spiro atoms. The molecule has 1 aromatic rings. The standard InChI is InChI=1S/C11H13N3/c1-2-4-10(5-3-1)6-12-7-11-8-13-9-14-11/h1-5,9,12H,6-8H2. The molecule has 0 atom stereocenters. The van der Waals surface area contributed by atoms with Gasteiger partial charge in [0.25, 0.3) is 0 Å². The topological polar surface area (TPSA) is 36.8 Å². The lowest BCUT2D eigenvalue weighted by Crippen LogP contribution is -2.23. The third-order valence-corrected chi connectivity index (χ3v) is 2.10. The number of rotatable bonds is 4. The lowest BCUT2D eigenvalue weighted by Gasteiger charge is -2.03. The van der Waals surface area contributed by atoms with Crippen molar-refractivity contribution in [3.05, 3.63) is 35.9 Å². The highest BCUT2D eigenvalue weighted by atomic mass is 15.0. The fourth-order valence-corrected chi connectivity index (χ4v) is 1.36. The zero-order valence-corrected chi connectivity index (χ0v) is 7.98. The van der Waals surface area contributed by atoms with E-state index in [2.05, 4.69) is 27.4 Å². The molecule has 0 aliphatic carbocycles. The van der Waals surface area contributed by atoms with Gasteiger partial charge in [-0.3, -0.25) is 4.99 Å². The van der Waals surface area contributed by atoms with Crippen LogP contribution in [0.15, 0.2) is 40.3 Å². The second-order valence-electron chi connectivity index (χ2n) is 3.24. The molecule has 0 saturated heterocycles. The van der Waals surface area contributed by atoms with E-state index in [-0.39, 0.29) is 0 Å². The second kappa shape index (κ2) is 4.67. The first-order chi connectivity index (χ1) is 6.95. The highest BCUT2D eigenvalue weighted by Gasteiger charge is 2.00. The third kappa shape index (κ3) is 2.50. The molecule has 0 bridgehead atoms. The Balaban J connectivity index is 1.73. The molecule has 1 aliphatic rings. The lowest BCUT2D eigenvalue weighted by atomic mass is 10.2. The van der Waals surface area contributed by atoms with Crippen molar-refractivity contribution >= 4 is 12.1 Å². The Morgan fingerprint density at radius 3 is 2.71 bits per heavy atom. The number of nitrogens with one attached hydrogen (secondary N) is 1. The van der Waals surface area contributed by atoms with E-state index in [0.29, 0.717) is 0 Å². The summed E-state index contributed by atoms with van der Waals surface area (Å²) in [6.45, 7) is 2.47. The Morgan fingerprint density at radius 2 is 2.00 bits per heavy atom. The molecule has 0 aromatic heterocycles. The Hall–Kier alpha value is -1.48. The summed E-state index contributed by atoms with van der Waals surface area (Å²) in [5.74, 6) is 0. The van der Waals surface area contributed by atoms with Gasteiger partial charge in [0, 0.05) is 13.1 Å². The predicted molar refractivity (Wildman–Crippen MR) is 58.9 cm³/mol. The van der Waals surface area contributed by atoms with E-state index in [4.69, 9.17) is 0 Å². The highest BCUT2D eigenvalue weighted by molar-refractivity contribution is 5.97. The number of nitrogens with zero attached hydrogens (tertiary/aromatic N) is 2. The van der Waals surface area contributed by atoms with Crippen LogP contribution in [0.4, 0.5) is 0 Å². The lowest BCUT2D eigenvalue weighted by molar-refractivity contribution is 0.774. The van der Waals surface area contributed by atoms with Crippen LogP contribution in [-0.4, -0.2) is 25.1 Å². The van der Waals surface area contributed by atoms with Crippen molar-refractivity contribution in [1.29, 1.82) is 0 Å². The van der Waals surface area contributed by atoms with Gasteiger partial charge in [0.05, 0.1) is 12.3 Å². The van der Waals surface area contributed by atoms with Gasteiger partial charge in [0.15, 0.2) is 0 Å². The van der Waals surface area contributed by atoms with E-state index >= 15 is 0 Å². The summed E-state index contributed by atoms with van der Waals surface area (Å²) in [5, 5.41) is 3.33. The predicted octanol–water partition coefficient (Wildman–Crippen LogP) is 1.26. The zero-order valence-electron chi connectivity index (χ0n) is 7.98. The van der Waals surface area contributed by atoms with E-state index in [1.165, 1.54) is 5.56 Å². The van der Waals surface area contributed by atoms with Gasteiger partial charge in [-0.2, -0.15) is 0 Å². The Labute approximate surface area is 83.6 Å². The molecule has 3 nitrogen and oxygen atoms in total. The molecule has 0 unspecified atom stereocenters. The van der Waals surface area contributed by atoms with Gasteiger partial charge < -0.3 is 5.32 Å². The largest absolute Gasteiger partial charge is 0.307 e. The maximum absolute atomic E-state index is 4.13. The van der Waals surface area contributed by atoms with Gasteiger partial charge in [-0.15, -0.1) is 0 Å². The summed E-state index contributed by atoms with van der Waals surface area (Å²) in [5.41, 5.74) is 2.41. The van der Waals surface area contributed by atoms with Crippen LogP contribution in [0.3, 0.4) is 0 Å². The van der Waals surface area contributed by atoms with Crippen molar-refractivity contribution in [2.45, 2.75) is 6.54 Å². The Bertz CT molecular complexity index is 341. The third-order valence-electron chi connectivity index (χ3n) is 2.10. The fourth-order valence-electron chi connectivity index (χ4n) is 1.36. The summed E-state index contributed by atoms with van der Waals surface area (Å²) < 4.78 is 0. The molecule has 1 aromatic carbocycles. The average Bonchev–Trinajstić information content (AvgIpc) is 2.72. The Morgan fingerprint density at radius 1 is 1.14 bits per heavy atom. The number of benzene rings is 1. The van der Waals surface area contributed by atoms with E-state index in [1.54, 1.807) is 6.34 Å². The highest BCUT2D eigenvalue weighted by Crippen LogP contribution is 1.97. The molecule has 1 N–H and O–H groups in total. The van der Waals surface area contributed by atoms with E-state index in [9.17, 15) is 0 Å². The number of hydrogen-bond acceptors (Lipinski definition) is 3. The molecule has 1 aliphatic heterocycles. The van der Waals surface area contributed by atoms with Crippen molar-refractivity contribution in [2.75, 3.05) is 13.1 Å². The molecule has 3 heteroatoms. The van der Waals surface area contributed by atoms with Gasteiger partial charge in [-0.25, -0.2) is 4.99 Å². The summed E-state index contributed by atoms with van der Waals surface area (Å²) in [7, 11) is 0. The van der Waals surface area contributed by atoms with Gasteiger partial charge >= 0.3 is 0 Å². The molecule has 14 heavy (non-hydrogen) atoms. The maximum Gasteiger partial charge on any atom is 0.110 e. The van der Waals surface area contributed by atoms with Crippen molar-refractivity contribution in [3.8, 4) is 0 Å². The summed E-state index contributed by atoms with van der Waals surface area (Å²) in [4.78, 5) is 8.15. The molecule has 2 rings (SSSR count). The molecular formula is C11H13N3. The summed E-state index contributed by atoms with van der Waals surface area (Å²) in [6, 6.07) is 10.3. The number of hydrogen-bond donors (Lipinski definition) is 1. The van der Waals surface area contributed by atoms with Crippen molar-refractivity contribution < 1.29 is 0 Å². The monoisotopic (exact) mass is 187 g/mol. The minimum atomic E-state index is 0.752. The zero-order chi connectivity index (χ0) is 9.64. The summed E-state index contributed by atoms with van der Waals surface area (Å²) in [6.07, 6.45) is 1.62. The van der Waals surface area contributed by atoms with E-state index in [1.807, 2.05) is 18.2 Å². The van der Waals surface area contributed by atoms with Gasteiger partial charge in [0.2, 0.25) is 0 Å². The van der Waals surface area contributed by atoms with Crippen molar-refractivity contribution in [2.24, 2.45) is 9.98 Å². The summed E-state index contributed by atoms with van der Waals surface area (Å²) >= 11 is 0. The molecule has 0 amide bonds. The first-order valence-corrected chi connectivity index (χ1v) is 4.73. The smallest absolute Gasteiger partial charge is 0.110 e. The minimum Gasteiger partial charge on any atom is -0.307 e. The normalized spacial score (nSPS) is 14.4. The van der Waals surface area contributed by atoms with Crippen LogP contribution in [0.5, 0.6) is 0 Å². The van der Waals surface area contributed by atoms with Crippen molar-refractivity contribution in [1.82, 2.24) is 5.32 Å². The molecule has 0 fully saturated rings. The van der Waals surface area contributed by atoms with Gasteiger partial charge in [-0.1, -0.05) is 30.3 Å². The fraction of sp³-hybridized carbons (Fsp3) is 0.273. The quantitative estimate of drug-likeness (QED) is 0.757. The van der Waals surface area contributed by atoms with Crippen LogP contribution in [-0.2, 0) is 6.54 Å². The minimum absolute atomic E-state index is 0.752. The first-order valence-electron chi connectivity index (χ1n) is 4.73. The van der Waals surface area contributed by atoms with Crippen LogP contribution >= 0.6 is 0 Å². The van der Waals surface area contributed by atoms with Gasteiger partial charge in [0.1, 0.15) is 6.34 Å². The van der Waals surface area contributed by atoms with E-state index < -0.39 is 0 Å².